The van der Waals surface area contributed by atoms with Crippen molar-refractivity contribution >= 4 is 29.7 Å². The van der Waals surface area contributed by atoms with Gasteiger partial charge in [-0.2, -0.15) is 0 Å². The fourth-order valence-electron chi connectivity index (χ4n) is 2.55. The molecule has 0 aromatic heterocycles. The Kier molecular flexibility index (Phi) is 8.07. The predicted molar refractivity (Wildman–Crippen MR) is 109 cm³/mol. The number of urea groups is 1. The molecule has 0 saturated carbocycles. The smallest absolute Gasteiger partial charge is 0.321 e. The van der Waals surface area contributed by atoms with Crippen LogP contribution in [0.4, 0.5) is 4.79 Å². The summed E-state index contributed by atoms with van der Waals surface area (Å²) in [5, 5.41) is 4.68. The molecule has 0 radical (unpaired) electrons. The summed E-state index contributed by atoms with van der Waals surface area (Å²) in [5.41, 5.74) is 2.72. The van der Waals surface area contributed by atoms with Gasteiger partial charge < -0.3 is 10.1 Å². The first-order chi connectivity index (χ1) is 13.4. The Bertz CT molecular complexity index is 840. The van der Waals surface area contributed by atoms with E-state index in [1.807, 2.05) is 32.0 Å². The molecule has 2 rings (SSSR count). The lowest BCUT2D eigenvalue weighted by Gasteiger charge is -2.18. The van der Waals surface area contributed by atoms with Crippen LogP contribution in [0, 0.1) is 13.8 Å². The molecule has 0 heterocycles. The summed E-state index contributed by atoms with van der Waals surface area (Å²) < 4.78 is 5.41. The summed E-state index contributed by atoms with van der Waals surface area (Å²) >= 11 is 1.35. The Morgan fingerprint density at radius 1 is 1.07 bits per heavy atom. The summed E-state index contributed by atoms with van der Waals surface area (Å²) in [7, 11) is 0. The largest absolute Gasteiger partial charge is 0.447 e. The highest BCUT2D eigenvalue weighted by atomic mass is 32.2. The van der Waals surface area contributed by atoms with Crippen molar-refractivity contribution in [1.29, 1.82) is 0 Å². The number of esters is 1. The lowest BCUT2D eigenvalue weighted by molar-refractivity contribution is -0.153. The minimum absolute atomic E-state index is 0.0572. The number of carbonyl (C=O) groups is 3. The number of hydrogen-bond donors (Lipinski definition) is 2. The molecule has 6 nitrogen and oxygen atoms in total. The number of aryl methyl sites for hydroxylation is 2. The van der Waals surface area contributed by atoms with Gasteiger partial charge in [-0.25, -0.2) is 4.79 Å². The normalized spacial score (nSPS) is 11.4. The second kappa shape index (κ2) is 10.5. The van der Waals surface area contributed by atoms with Crippen molar-refractivity contribution in [3.05, 3.63) is 65.2 Å². The number of nitrogens with one attached hydrogen (secondary N) is 2. The van der Waals surface area contributed by atoms with E-state index in [-0.39, 0.29) is 5.75 Å². The van der Waals surface area contributed by atoms with Crippen LogP contribution < -0.4 is 10.6 Å². The van der Waals surface area contributed by atoms with Crippen LogP contribution in [0.2, 0.25) is 0 Å². The van der Waals surface area contributed by atoms with Gasteiger partial charge in [0.05, 0.1) is 5.75 Å². The average molecular weight is 401 g/mol. The van der Waals surface area contributed by atoms with Gasteiger partial charge in [-0.15, -0.1) is 11.8 Å². The van der Waals surface area contributed by atoms with Crippen molar-refractivity contribution in [2.45, 2.75) is 31.8 Å². The molecule has 0 unspecified atom stereocenters. The van der Waals surface area contributed by atoms with E-state index in [1.165, 1.54) is 11.8 Å². The number of benzene rings is 2. The van der Waals surface area contributed by atoms with Gasteiger partial charge in [0.25, 0.3) is 5.91 Å². The van der Waals surface area contributed by atoms with Crippen LogP contribution in [0.25, 0.3) is 0 Å². The highest BCUT2D eigenvalue weighted by molar-refractivity contribution is 8.00. The van der Waals surface area contributed by atoms with E-state index in [4.69, 9.17) is 4.74 Å². The van der Waals surface area contributed by atoms with Crippen LogP contribution in [0.5, 0.6) is 0 Å². The molecule has 0 spiro atoms. The van der Waals surface area contributed by atoms with Crippen LogP contribution in [-0.2, 0) is 14.3 Å². The van der Waals surface area contributed by atoms with Gasteiger partial charge in [-0.05, 0) is 32.4 Å². The van der Waals surface area contributed by atoms with E-state index >= 15 is 0 Å². The van der Waals surface area contributed by atoms with Gasteiger partial charge in [-0.1, -0.05) is 48.0 Å². The van der Waals surface area contributed by atoms with E-state index in [1.54, 1.807) is 37.3 Å². The molecule has 0 aliphatic heterocycles. The van der Waals surface area contributed by atoms with E-state index in [9.17, 15) is 14.4 Å². The Labute approximate surface area is 169 Å². The molecule has 1 atom stereocenters. The first-order valence-corrected chi connectivity index (χ1v) is 9.92. The fraction of sp³-hybridized carbons (Fsp3) is 0.286. The third-order valence-electron chi connectivity index (χ3n) is 3.84. The molecular weight excluding hydrogens is 376 g/mol. The van der Waals surface area contributed by atoms with Crippen molar-refractivity contribution in [1.82, 2.24) is 10.6 Å². The molecule has 2 aromatic carbocycles. The third-order valence-corrected chi connectivity index (χ3v) is 4.99. The zero-order valence-corrected chi connectivity index (χ0v) is 17.0. The Hall–Kier alpha value is -2.80. The number of thioether (sulfide) groups is 1. The summed E-state index contributed by atoms with van der Waals surface area (Å²) in [6.07, 6.45) is -1.20. The van der Waals surface area contributed by atoms with Gasteiger partial charge in [0.15, 0.2) is 0 Å². The van der Waals surface area contributed by atoms with Crippen molar-refractivity contribution in [2.24, 2.45) is 0 Å². The molecule has 2 N–H and O–H groups in total. The second-order valence-electron chi connectivity index (χ2n) is 6.19. The first kappa shape index (κ1) is 21.5. The predicted octanol–water partition coefficient (Wildman–Crippen LogP) is 3.53. The Balaban J connectivity index is 2.05. The van der Waals surface area contributed by atoms with Crippen LogP contribution in [0.3, 0.4) is 0 Å². The van der Waals surface area contributed by atoms with Crippen LogP contribution in [0.15, 0.2) is 53.4 Å². The van der Waals surface area contributed by atoms with Crippen molar-refractivity contribution in [3.63, 3.8) is 0 Å². The van der Waals surface area contributed by atoms with Crippen LogP contribution in [-0.4, -0.2) is 30.2 Å². The maximum Gasteiger partial charge on any atom is 0.321 e. The van der Waals surface area contributed by atoms with Gasteiger partial charge in [0.1, 0.15) is 0 Å². The van der Waals surface area contributed by atoms with E-state index in [2.05, 4.69) is 10.6 Å². The van der Waals surface area contributed by atoms with Gasteiger partial charge in [0.2, 0.25) is 6.10 Å². The number of carbonyl (C=O) groups excluding carboxylic acids is 3. The lowest BCUT2D eigenvalue weighted by Crippen LogP contribution is -2.42. The molecule has 148 valence electrons. The first-order valence-electron chi connectivity index (χ1n) is 8.94. The summed E-state index contributed by atoms with van der Waals surface area (Å²) in [5.74, 6) is -1.17. The molecule has 0 fully saturated rings. The minimum atomic E-state index is -1.20. The molecule has 3 amide bonds. The highest BCUT2D eigenvalue weighted by Crippen LogP contribution is 2.25. The highest BCUT2D eigenvalue weighted by Gasteiger charge is 2.26. The topological polar surface area (TPSA) is 84.5 Å². The lowest BCUT2D eigenvalue weighted by atomic mass is 10.1. The van der Waals surface area contributed by atoms with E-state index in [0.29, 0.717) is 12.1 Å². The van der Waals surface area contributed by atoms with E-state index < -0.39 is 24.0 Å². The van der Waals surface area contributed by atoms with Crippen LogP contribution in [0.1, 0.15) is 29.7 Å². The Morgan fingerprint density at radius 3 is 2.43 bits per heavy atom. The van der Waals surface area contributed by atoms with Gasteiger partial charge >= 0.3 is 12.0 Å². The number of hydrogen-bond acceptors (Lipinski definition) is 5. The summed E-state index contributed by atoms with van der Waals surface area (Å²) in [6.45, 7) is 6.10. The van der Waals surface area contributed by atoms with Gasteiger partial charge in [0, 0.05) is 17.0 Å². The SMILES string of the molecule is CCNC(=O)NC(=O)[C@H](OC(=O)CSc1ccc(C)cc1C)c1ccccc1. The van der Waals surface area contributed by atoms with Crippen molar-refractivity contribution in [3.8, 4) is 0 Å². The minimum Gasteiger partial charge on any atom is -0.447 e. The monoisotopic (exact) mass is 400 g/mol. The third kappa shape index (κ3) is 6.42. The van der Waals surface area contributed by atoms with Crippen LogP contribution >= 0.6 is 11.8 Å². The number of amides is 3. The average Bonchev–Trinajstić information content (AvgIpc) is 2.66. The Morgan fingerprint density at radius 2 is 1.79 bits per heavy atom. The summed E-state index contributed by atoms with van der Waals surface area (Å²) in [6, 6.07) is 14.0. The molecule has 28 heavy (non-hydrogen) atoms. The fourth-order valence-corrected chi connectivity index (χ4v) is 3.34. The molecule has 0 aliphatic carbocycles. The number of imide groups is 1. The molecule has 2 aromatic rings. The quantitative estimate of drug-likeness (QED) is 0.549. The molecule has 7 heteroatoms. The van der Waals surface area contributed by atoms with E-state index in [0.717, 1.165) is 16.0 Å². The second-order valence-corrected chi connectivity index (χ2v) is 7.20. The summed E-state index contributed by atoms with van der Waals surface area (Å²) in [4.78, 5) is 37.5. The molecular formula is C21H24N2O4S. The molecule has 0 aliphatic rings. The van der Waals surface area contributed by atoms with Gasteiger partial charge in [-0.3, -0.25) is 14.9 Å². The number of rotatable bonds is 7. The van der Waals surface area contributed by atoms with Crippen molar-refractivity contribution < 1.29 is 19.1 Å². The standard InChI is InChI=1S/C21H24N2O4S/c1-4-22-21(26)23-20(25)19(16-8-6-5-7-9-16)27-18(24)13-28-17-11-10-14(2)12-15(17)3/h5-12,19H,4,13H2,1-3H3,(H2,22,23,25,26)/t19-/m1/s1. The van der Waals surface area contributed by atoms with Crippen molar-refractivity contribution in [2.75, 3.05) is 12.3 Å². The maximum atomic E-state index is 12.5. The molecule has 0 saturated heterocycles. The number of ether oxygens (including phenoxy) is 1. The maximum absolute atomic E-state index is 12.5. The zero-order valence-electron chi connectivity index (χ0n) is 16.2. The zero-order chi connectivity index (χ0) is 20.5. The molecule has 0 bridgehead atoms.